The Hall–Kier alpha value is -0.710. The number of nitrogens with one attached hydrogen (secondary N) is 1. The zero-order valence-electron chi connectivity index (χ0n) is 13.8. The highest BCUT2D eigenvalue weighted by atomic mass is 35.5. The molecule has 1 saturated heterocycles. The lowest BCUT2D eigenvalue weighted by Crippen LogP contribution is -2.45. The molecule has 1 aliphatic carbocycles. The highest BCUT2D eigenvalue weighted by molar-refractivity contribution is 8.00. The Morgan fingerprint density at radius 3 is 2.57 bits per heavy atom. The second-order valence-electron chi connectivity index (χ2n) is 6.56. The van der Waals surface area contributed by atoms with Gasteiger partial charge in [-0.25, -0.2) is 0 Å². The summed E-state index contributed by atoms with van der Waals surface area (Å²) in [5.41, 5.74) is 1.25. The molecular weight excluding hydrogens is 328 g/mol. The second kappa shape index (κ2) is 8.95. The van der Waals surface area contributed by atoms with E-state index in [1.807, 2.05) is 17.0 Å². The summed E-state index contributed by atoms with van der Waals surface area (Å²) in [7, 11) is 0. The van der Waals surface area contributed by atoms with Crippen molar-refractivity contribution in [3.63, 3.8) is 0 Å². The molecule has 2 aliphatic rings. The molecule has 1 aromatic carbocycles. The number of piperidine rings is 1. The summed E-state index contributed by atoms with van der Waals surface area (Å²) in [4.78, 5) is 15.6. The van der Waals surface area contributed by atoms with Gasteiger partial charge in [0, 0.05) is 24.0 Å². The van der Waals surface area contributed by atoms with Gasteiger partial charge < -0.3 is 10.2 Å². The molecule has 1 saturated carbocycles. The number of benzene rings is 1. The Kier molecular flexibility index (Phi) is 7.25. The normalized spacial score (nSPS) is 18.6. The molecule has 0 spiro atoms. The van der Waals surface area contributed by atoms with E-state index in [0.29, 0.717) is 11.8 Å². The van der Waals surface area contributed by atoms with Gasteiger partial charge in [0.15, 0.2) is 0 Å². The molecule has 5 heteroatoms. The minimum Gasteiger partial charge on any atom is -0.342 e. The van der Waals surface area contributed by atoms with Crippen LogP contribution in [0.1, 0.15) is 31.2 Å². The Morgan fingerprint density at radius 1 is 1.22 bits per heavy atom. The number of aryl methyl sites for hydroxylation is 1. The Labute approximate surface area is 150 Å². The molecule has 128 valence electrons. The van der Waals surface area contributed by atoms with Crippen LogP contribution in [0.4, 0.5) is 0 Å². The molecule has 0 bridgehead atoms. The molecule has 1 amide bonds. The summed E-state index contributed by atoms with van der Waals surface area (Å²) < 4.78 is 0. The fraction of sp³-hybridized carbons (Fsp3) is 0.611. The van der Waals surface area contributed by atoms with Crippen molar-refractivity contribution in [2.24, 2.45) is 5.92 Å². The van der Waals surface area contributed by atoms with Crippen LogP contribution < -0.4 is 5.32 Å². The van der Waals surface area contributed by atoms with Crippen molar-refractivity contribution >= 4 is 30.1 Å². The van der Waals surface area contributed by atoms with Crippen molar-refractivity contribution in [3.05, 3.63) is 29.8 Å². The summed E-state index contributed by atoms with van der Waals surface area (Å²) >= 11 is 1.67. The van der Waals surface area contributed by atoms with Gasteiger partial charge in [-0.15, -0.1) is 24.2 Å². The van der Waals surface area contributed by atoms with E-state index in [4.69, 9.17) is 0 Å². The molecule has 1 heterocycles. The predicted octanol–water partition coefficient (Wildman–Crippen LogP) is 3.50. The van der Waals surface area contributed by atoms with Crippen LogP contribution in [0, 0.1) is 12.8 Å². The number of rotatable bonds is 6. The van der Waals surface area contributed by atoms with Crippen LogP contribution >= 0.6 is 24.2 Å². The summed E-state index contributed by atoms with van der Waals surface area (Å²) in [6.07, 6.45) is 5.02. The Morgan fingerprint density at radius 2 is 1.91 bits per heavy atom. The van der Waals surface area contributed by atoms with E-state index >= 15 is 0 Å². The molecule has 3 rings (SSSR count). The monoisotopic (exact) mass is 354 g/mol. The number of nitrogens with zero attached hydrogens (tertiary/aromatic N) is 1. The molecule has 1 aromatic rings. The average molecular weight is 355 g/mol. The van der Waals surface area contributed by atoms with E-state index in [2.05, 4.69) is 24.4 Å². The molecule has 2 fully saturated rings. The summed E-state index contributed by atoms with van der Waals surface area (Å²) in [5, 5.41) is 3.67. The van der Waals surface area contributed by atoms with Gasteiger partial charge in [-0.2, -0.15) is 0 Å². The molecule has 1 aliphatic heterocycles. The molecule has 3 nitrogen and oxygen atoms in total. The van der Waals surface area contributed by atoms with Gasteiger partial charge in [-0.05, 0) is 56.7 Å². The number of likely N-dealkylation sites (tertiary alicyclic amines) is 1. The van der Waals surface area contributed by atoms with E-state index in [1.54, 1.807) is 11.8 Å². The Balaban J connectivity index is 0.00000192. The maximum Gasteiger partial charge on any atom is 0.232 e. The van der Waals surface area contributed by atoms with E-state index in [-0.39, 0.29) is 18.3 Å². The van der Waals surface area contributed by atoms with E-state index < -0.39 is 0 Å². The van der Waals surface area contributed by atoms with Crippen molar-refractivity contribution in [1.82, 2.24) is 10.2 Å². The first-order valence-electron chi connectivity index (χ1n) is 8.42. The van der Waals surface area contributed by atoms with Crippen LogP contribution in [0.3, 0.4) is 0 Å². The predicted molar refractivity (Wildman–Crippen MR) is 99.5 cm³/mol. The van der Waals surface area contributed by atoms with Gasteiger partial charge in [0.2, 0.25) is 5.91 Å². The van der Waals surface area contributed by atoms with Crippen molar-refractivity contribution in [3.8, 4) is 0 Å². The first kappa shape index (κ1) is 18.6. The third-order valence-electron chi connectivity index (χ3n) is 4.68. The van der Waals surface area contributed by atoms with Crippen LogP contribution in [0.15, 0.2) is 29.2 Å². The molecule has 0 radical (unpaired) electrons. The van der Waals surface area contributed by atoms with Gasteiger partial charge in [0.1, 0.15) is 0 Å². The molecule has 0 unspecified atom stereocenters. The fourth-order valence-corrected chi connectivity index (χ4v) is 3.87. The van der Waals surface area contributed by atoms with Gasteiger partial charge >= 0.3 is 0 Å². The number of carbonyl (C=O) groups is 1. The van der Waals surface area contributed by atoms with Crippen LogP contribution in [-0.2, 0) is 4.79 Å². The lowest BCUT2D eigenvalue weighted by Gasteiger charge is -2.32. The van der Waals surface area contributed by atoms with Crippen LogP contribution in [0.5, 0.6) is 0 Å². The van der Waals surface area contributed by atoms with Crippen molar-refractivity contribution in [1.29, 1.82) is 0 Å². The van der Waals surface area contributed by atoms with Gasteiger partial charge in [-0.1, -0.05) is 18.2 Å². The maximum atomic E-state index is 12.4. The fourth-order valence-electron chi connectivity index (χ4n) is 2.94. The molecular formula is C18H27ClN2OS. The first-order chi connectivity index (χ1) is 10.7. The summed E-state index contributed by atoms with van der Waals surface area (Å²) in [5.74, 6) is 1.78. The van der Waals surface area contributed by atoms with Gasteiger partial charge in [0.05, 0.1) is 5.75 Å². The first-order valence-corrected chi connectivity index (χ1v) is 9.40. The topological polar surface area (TPSA) is 32.3 Å². The second-order valence-corrected chi connectivity index (χ2v) is 7.58. The van der Waals surface area contributed by atoms with Crippen molar-refractivity contribution < 1.29 is 4.79 Å². The van der Waals surface area contributed by atoms with Crippen LogP contribution in [-0.4, -0.2) is 42.2 Å². The smallest absolute Gasteiger partial charge is 0.232 e. The number of hydrogen-bond acceptors (Lipinski definition) is 3. The maximum absolute atomic E-state index is 12.4. The molecule has 0 aromatic heterocycles. The minimum absolute atomic E-state index is 0. The standard InChI is InChI=1S/C18H26N2OS.ClH/c1-14-4-2-3-5-17(14)22-13-18(21)20-10-8-16(9-11-20)19-12-15-6-7-15;/h2-5,15-16,19H,6-13H2,1H3;1H. The highest BCUT2D eigenvalue weighted by Crippen LogP contribution is 2.28. The Bertz CT molecular complexity index is 513. The number of thioether (sulfide) groups is 1. The average Bonchev–Trinajstić information content (AvgIpc) is 3.37. The quantitative estimate of drug-likeness (QED) is 0.793. The zero-order chi connectivity index (χ0) is 15.4. The van der Waals surface area contributed by atoms with Gasteiger partial charge in [-0.3, -0.25) is 4.79 Å². The lowest BCUT2D eigenvalue weighted by molar-refractivity contribution is -0.129. The number of carbonyl (C=O) groups excluding carboxylic acids is 1. The summed E-state index contributed by atoms with van der Waals surface area (Å²) in [6.45, 7) is 5.11. The third kappa shape index (κ3) is 5.70. The van der Waals surface area contributed by atoms with Crippen LogP contribution in [0.2, 0.25) is 0 Å². The largest absolute Gasteiger partial charge is 0.342 e. The number of hydrogen-bond donors (Lipinski definition) is 1. The van der Waals surface area contributed by atoms with E-state index in [1.165, 1.54) is 29.8 Å². The van der Waals surface area contributed by atoms with Crippen LogP contribution in [0.25, 0.3) is 0 Å². The minimum atomic E-state index is 0. The SMILES string of the molecule is Cc1ccccc1SCC(=O)N1CCC(NCC2CC2)CC1.Cl. The lowest BCUT2D eigenvalue weighted by atomic mass is 10.0. The number of halogens is 1. The van der Waals surface area contributed by atoms with E-state index in [9.17, 15) is 4.79 Å². The molecule has 0 atom stereocenters. The molecule has 23 heavy (non-hydrogen) atoms. The third-order valence-corrected chi connectivity index (χ3v) is 5.84. The highest BCUT2D eigenvalue weighted by Gasteiger charge is 2.25. The van der Waals surface area contributed by atoms with E-state index in [0.717, 1.165) is 31.8 Å². The summed E-state index contributed by atoms with van der Waals surface area (Å²) in [6, 6.07) is 8.90. The molecule has 1 N–H and O–H groups in total. The number of amides is 1. The van der Waals surface area contributed by atoms with Gasteiger partial charge in [0.25, 0.3) is 0 Å². The zero-order valence-corrected chi connectivity index (χ0v) is 15.4. The van der Waals surface area contributed by atoms with Crippen molar-refractivity contribution in [2.45, 2.75) is 43.5 Å². The van der Waals surface area contributed by atoms with Crippen molar-refractivity contribution in [2.75, 3.05) is 25.4 Å².